The molecule has 6 nitrogen and oxygen atoms in total. The van der Waals surface area contributed by atoms with Crippen LogP contribution in [0.15, 0.2) is 0 Å². The van der Waals surface area contributed by atoms with E-state index in [1.54, 1.807) is 6.92 Å². The Morgan fingerprint density at radius 2 is 1.78 bits per heavy atom. The summed E-state index contributed by atoms with van der Waals surface area (Å²) in [6.45, 7) is 1.88. The van der Waals surface area contributed by atoms with Gasteiger partial charge in [0.05, 0.1) is 13.7 Å². The van der Waals surface area contributed by atoms with Crippen molar-refractivity contribution in [2.75, 3.05) is 13.7 Å². The van der Waals surface area contributed by atoms with E-state index in [0.717, 1.165) is 32.8 Å². The van der Waals surface area contributed by atoms with Crippen molar-refractivity contribution in [3.63, 3.8) is 0 Å². The zero-order valence-corrected chi connectivity index (χ0v) is 10.6. The molecule has 0 aromatic carbocycles. The van der Waals surface area contributed by atoms with Gasteiger partial charge in [-0.25, -0.2) is 14.4 Å². The minimum atomic E-state index is -1.15. The van der Waals surface area contributed by atoms with Gasteiger partial charge in [-0.05, 0) is 19.8 Å². The summed E-state index contributed by atoms with van der Waals surface area (Å²) in [4.78, 5) is 34.1. The molecule has 0 N–H and O–H groups in total. The summed E-state index contributed by atoms with van der Waals surface area (Å²) in [7, 11) is 1.08. The van der Waals surface area contributed by atoms with E-state index < -0.39 is 24.0 Å². The van der Waals surface area contributed by atoms with Gasteiger partial charge in [-0.3, -0.25) is 0 Å². The number of ether oxygens (including phenoxy) is 3. The lowest BCUT2D eigenvalue weighted by molar-refractivity contribution is -0.179. The minimum Gasteiger partial charge on any atom is -0.463 e. The Morgan fingerprint density at radius 1 is 1.17 bits per heavy atom. The maximum absolute atomic E-state index is 11.7. The lowest BCUT2D eigenvalue weighted by atomic mass is 10.0. The van der Waals surface area contributed by atoms with E-state index in [-0.39, 0.29) is 12.5 Å². The molecule has 1 fully saturated rings. The zero-order chi connectivity index (χ0) is 13.5. The van der Waals surface area contributed by atoms with Gasteiger partial charge in [-0.2, -0.15) is 0 Å². The lowest BCUT2D eigenvalue weighted by Gasteiger charge is -2.21. The summed E-state index contributed by atoms with van der Waals surface area (Å²) in [6, 6.07) is 0. The Labute approximate surface area is 106 Å². The average Bonchev–Trinajstić information content (AvgIpc) is 2.88. The number of rotatable bonds is 4. The molecule has 1 rings (SSSR count). The third-order valence-corrected chi connectivity index (χ3v) is 2.93. The smallest absolute Gasteiger partial charge is 0.418 e. The number of hydrogen-bond donors (Lipinski definition) is 0. The topological polar surface area (TPSA) is 78.9 Å². The summed E-state index contributed by atoms with van der Waals surface area (Å²) < 4.78 is 14.0. The standard InChI is InChI=1S/C12H18O6/c1-3-17-10(13)9(8-6-4-5-7-8)18-12(15)11(14)16-2/h8-9H,3-7H2,1-2H3. The average molecular weight is 258 g/mol. The number of carbonyl (C=O) groups excluding carboxylic acids is 3. The van der Waals surface area contributed by atoms with E-state index >= 15 is 0 Å². The maximum Gasteiger partial charge on any atom is 0.418 e. The van der Waals surface area contributed by atoms with Crippen LogP contribution in [-0.2, 0) is 28.6 Å². The molecule has 0 heterocycles. The predicted molar refractivity (Wildman–Crippen MR) is 60.5 cm³/mol. The Balaban J connectivity index is 2.67. The van der Waals surface area contributed by atoms with Gasteiger partial charge < -0.3 is 14.2 Å². The fraction of sp³-hybridized carbons (Fsp3) is 0.750. The number of carbonyl (C=O) groups is 3. The van der Waals surface area contributed by atoms with Crippen molar-refractivity contribution < 1.29 is 28.6 Å². The van der Waals surface area contributed by atoms with E-state index in [2.05, 4.69) is 4.74 Å². The Hall–Kier alpha value is -1.59. The molecule has 0 saturated heterocycles. The van der Waals surface area contributed by atoms with Gasteiger partial charge in [-0.15, -0.1) is 0 Å². The summed E-state index contributed by atoms with van der Waals surface area (Å²) in [5, 5.41) is 0. The molecule has 18 heavy (non-hydrogen) atoms. The van der Waals surface area contributed by atoms with Gasteiger partial charge in [0.1, 0.15) is 0 Å². The third-order valence-electron chi connectivity index (χ3n) is 2.93. The number of esters is 3. The highest BCUT2D eigenvalue weighted by molar-refractivity contribution is 6.29. The molecule has 1 saturated carbocycles. The third kappa shape index (κ3) is 3.72. The Morgan fingerprint density at radius 3 is 2.28 bits per heavy atom. The summed E-state index contributed by atoms with van der Waals surface area (Å²) in [5.74, 6) is -2.93. The van der Waals surface area contributed by atoms with Crippen molar-refractivity contribution in [1.29, 1.82) is 0 Å². The molecule has 6 heteroatoms. The van der Waals surface area contributed by atoms with Crippen molar-refractivity contribution in [3.8, 4) is 0 Å². The normalized spacial score (nSPS) is 17.0. The van der Waals surface area contributed by atoms with Gasteiger partial charge in [-0.1, -0.05) is 12.8 Å². The first kappa shape index (κ1) is 14.5. The SMILES string of the molecule is CCOC(=O)C(OC(=O)C(=O)OC)C1CCCC1. The molecule has 1 atom stereocenters. The second kappa shape index (κ2) is 6.98. The number of methoxy groups -OCH3 is 1. The van der Waals surface area contributed by atoms with Gasteiger partial charge in [0.2, 0.25) is 6.10 Å². The van der Waals surface area contributed by atoms with Gasteiger partial charge in [0.15, 0.2) is 0 Å². The molecular weight excluding hydrogens is 240 g/mol. The van der Waals surface area contributed by atoms with Crippen LogP contribution in [0, 0.1) is 5.92 Å². The molecule has 1 aliphatic rings. The maximum atomic E-state index is 11.7. The molecule has 0 aromatic rings. The molecule has 102 valence electrons. The molecule has 0 radical (unpaired) electrons. The van der Waals surface area contributed by atoms with E-state index in [1.807, 2.05) is 0 Å². The predicted octanol–water partition coefficient (Wildman–Crippen LogP) is 0.824. The molecular formula is C12H18O6. The minimum absolute atomic E-state index is 0.0716. The molecule has 0 bridgehead atoms. The van der Waals surface area contributed by atoms with Crippen molar-refractivity contribution in [2.24, 2.45) is 5.92 Å². The van der Waals surface area contributed by atoms with Crippen LogP contribution in [-0.4, -0.2) is 37.7 Å². The van der Waals surface area contributed by atoms with Crippen molar-refractivity contribution in [2.45, 2.75) is 38.7 Å². The molecule has 0 spiro atoms. The highest BCUT2D eigenvalue weighted by Crippen LogP contribution is 2.30. The van der Waals surface area contributed by atoms with Crippen LogP contribution in [0.5, 0.6) is 0 Å². The van der Waals surface area contributed by atoms with Crippen molar-refractivity contribution >= 4 is 17.9 Å². The fourth-order valence-electron chi connectivity index (χ4n) is 2.07. The van der Waals surface area contributed by atoms with Crippen molar-refractivity contribution in [3.05, 3.63) is 0 Å². The lowest BCUT2D eigenvalue weighted by Crippen LogP contribution is -2.37. The first-order valence-corrected chi connectivity index (χ1v) is 6.05. The van der Waals surface area contributed by atoms with E-state index in [0.29, 0.717) is 0 Å². The van der Waals surface area contributed by atoms with Gasteiger partial charge in [0.25, 0.3) is 0 Å². The summed E-state index contributed by atoms with van der Waals surface area (Å²) in [6.07, 6.45) is 2.54. The first-order chi connectivity index (χ1) is 8.60. The van der Waals surface area contributed by atoms with Crippen LogP contribution in [0.1, 0.15) is 32.6 Å². The second-order valence-corrected chi connectivity index (χ2v) is 4.11. The monoisotopic (exact) mass is 258 g/mol. The largest absolute Gasteiger partial charge is 0.463 e. The molecule has 1 unspecified atom stereocenters. The highest BCUT2D eigenvalue weighted by Gasteiger charge is 2.36. The summed E-state index contributed by atoms with van der Waals surface area (Å²) >= 11 is 0. The molecule has 0 amide bonds. The molecule has 0 aliphatic heterocycles. The Kier molecular flexibility index (Phi) is 5.61. The van der Waals surface area contributed by atoms with Crippen LogP contribution in [0.4, 0.5) is 0 Å². The number of hydrogen-bond acceptors (Lipinski definition) is 6. The van der Waals surface area contributed by atoms with E-state index in [9.17, 15) is 14.4 Å². The van der Waals surface area contributed by atoms with Crippen LogP contribution in [0.25, 0.3) is 0 Å². The van der Waals surface area contributed by atoms with Crippen LogP contribution >= 0.6 is 0 Å². The fourth-order valence-corrected chi connectivity index (χ4v) is 2.07. The van der Waals surface area contributed by atoms with E-state index in [4.69, 9.17) is 9.47 Å². The van der Waals surface area contributed by atoms with Gasteiger partial charge >= 0.3 is 17.9 Å². The molecule has 0 aromatic heterocycles. The quantitative estimate of drug-likeness (QED) is 0.422. The first-order valence-electron chi connectivity index (χ1n) is 6.05. The van der Waals surface area contributed by atoms with Crippen LogP contribution in [0.2, 0.25) is 0 Å². The zero-order valence-electron chi connectivity index (χ0n) is 10.6. The van der Waals surface area contributed by atoms with Crippen LogP contribution < -0.4 is 0 Å². The van der Waals surface area contributed by atoms with Gasteiger partial charge in [0, 0.05) is 5.92 Å². The summed E-state index contributed by atoms with van der Waals surface area (Å²) in [5.41, 5.74) is 0. The van der Waals surface area contributed by atoms with Crippen molar-refractivity contribution in [1.82, 2.24) is 0 Å². The van der Waals surface area contributed by atoms with E-state index in [1.165, 1.54) is 0 Å². The Bertz CT molecular complexity index is 319. The molecule has 1 aliphatic carbocycles. The van der Waals surface area contributed by atoms with Crippen LogP contribution in [0.3, 0.4) is 0 Å². The highest BCUT2D eigenvalue weighted by atomic mass is 16.6. The second-order valence-electron chi connectivity index (χ2n) is 4.11.